The van der Waals surface area contributed by atoms with Crippen molar-refractivity contribution >= 4 is 11.7 Å². The third kappa shape index (κ3) is 3.78. The summed E-state index contributed by atoms with van der Waals surface area (Å²) in [6, 6.07) is 9.61. The quantitative estimate of drug-likeness (QED) is 0.940. The van der Waals surface area contributed by atoms with Gasteiger partial charge in [0.1, 0.15) is 11.6 Å². The summed E-state index contributed by atoms with van der Waals surface area (Å²) in [6.45, 7) is 2.27. The lowest BCUT2D eigenvalue weighted by molar-refractivity contribution is 0.0785. The Bertz CT molecular complexity index is 640. The summed E-state index contributed by atoms with van der Waals surface area (Å²) in [5, 5.41) is 2.93. The van der Waals surface area contributed by atoms with Gasteiger partial charge in [-0.15, -0.1) is 0 Å². The van der Waals surface area contributed by atoms with E-state index in [9.17, 15) is 9.18 Å². The van der Waals surface area contributed by atoms with Gasteiger partial charge in [-0.3, -0.25) is 4.79 Å². The van der Waals surface area contributed by atoms with E-state index in [1.165, 1.54) is 12.1 Å². The van der Waals surface area contributed by atoms with E-state index in [1.807, 2.05) is 6.92 Å². The highest BCUT2D eigenvalue weighted by Gasteiger charge is 2.13. The number of carbonyl (C=O) groups excluding carboxylic acids is 1. The zero-order chi connectivity index (χ0) is 15.4. The van der Waals surface area contributed by atoms with Crippen LogP contribution in [0.4, 0.5) is 10.2 Å². The van der Waals surface area contributed by atoms with Gasteiger partial charge in [0.15, 0.2) is 0 Å². The number of hydrogen-bond donors (Lipinski definition) is 1. The number of nitrogens with zero attached hydrogens (tertiary/aromatic N) is 2. The molecule has 0 aliphatic heterocycles. The van der Waals surface area contributed by atoms with Gasteiger partial charge in [-0.1, -0.05) is 12.1 Å². The molecule has 4 nitrogen and oxygen atoms in total. The number of aryl methyl sites for hydroxylation is 1. The number of nitrogens with one attached hydrogen (secondary N) is 1. The lowest BCUT2D eigenvalue weighted by atomic mass is 10.1. The van der Waals surface area contributed by atoms with Crippen LogP contribution >= 0.6 is 0 Å². The number of halogens is 1. The molecule has 1 amide bonds. The Labute approximate surface area is 123 Å². The van der Waals surface area contributed by atoms with Crippen molar-refractivity contribution < 1.29 is 9.18 Å². The van der Waals surface area contributed by atoms with Crippen LogP contribution in [0, 0.1) is 12.7 Å². The summed E-state index contributed by atoms with van der Waals surface area (Å²) in [6.07, 6.45) is 0. The van der Waals surface area contributed by atoms with Gasteiger partial charge in [0.25, 0.3) is 5.91 Å². The van der Waals surface area contributed by atoms with Gasteiger partial charge in [-0.05, 0) is 36.8 Å². The first-order chi connectivity index (χ1) is 9.99. The predicted octanol–water partition coefficient (Wildman–Crippen LogP) is 2.84. The molecule has 0 unspecified atom stereocenters. The molecule has 0 aliphatic rings. The van der Waals surface area contributed by atoms with Crippen molar-refractivity contribution in [1.82, 2.24) is 9.88 Å². The van der Waals surface area contributed by atoms with Gasteiger partial charge in [-0.2, -0.15) is 0 Å². The average Bonchev–Trinajstić information content (AvgIpc) is 2.48. The van der Waals surface area contributed by atoms with Crippen LogP contribution in [0.2, 0.25) is 0 Å². The molecular formula is C16H18FN3O. The second-order valence-corrected chi connectivity index (χ2v) is 4.92. The number of carbonyl (C=O) groups is 1. The van der Waals surface area contributed by atoms with Crippen LogP contribution in [0.5, 0.6) is 0 Å². The van der Waals surface area contributed by atoms with Gasteiger partial charge in [0.05, 0.1) is 0 Å². The molecule has 0 saturated heterocycles. The maximum Gasteiger partial charge on any atom is 0.254 e. The molecule has 0 fully saturated rings. The summed E-state index contributed by atoms with van der Waals surface area (Å²) < 4.78 is 12.9. The first-order valence-electron chi connectivity index (χ1n) is 6.66. The van der Waals surface area contributed by atoms with E-state index in [4.69, 9.17) is 0 Å². The van der Waals surface area contributed by atoms with E-state index in [2.05, 4.69) is 10.3 Å². The van der Waals surface area contributed by atoms with Crippen LogP contribution in [0.25, 0.3) is 0 Å². The molecular weight excluding hydrogens is 269 g/mol. The average molecular weight is 287 g/mol. The second kappa shape index (κ2) is 6.35. The minimum atomic E-state index is -0.281. The highest BCUT2D eigenvalue weighted by molar-refractivity contribution is 5.94. The summed E-state index contributed by atoms with van der Waals surface area (Å²) >= 11 is 0. The van der Waals surface area contributed by atoms with Gasteiger partial charge >= 0.3 is 0 Å². The Morgan fingerprint density at radius 1 is 1.29 bits per heavy atom. The van der Waals surface area contributed by atoms with Gasteiger partial charge in [-0.25, -0.2) is 9.37 Å². The minimum Gasteiger partial charge on any atom is -0.373 e. The lowest BCUT2D eigenvalue weighted by Crippen LogP contribution is -2.26. The molecule has 0 atom stereocenters. The molecule has 0 spiro atoms. The molecule has 0 saturated carbocycles. The molecule has 1 heterocycles. The largest absolute Gasteiger partial charge is 0.373 e. The highest BCUT2D eigenvalue weighted by Crippen LogP contribution is 2.13. The lowest BCUT2D eigenvalue weighted by Gasteiger charge is -2.18. The first-order valence-corrected chi connectivity index (χ1v) is 6.66. The molecule has 1 aromatic heterocycles. The van der Waals surface area contributed by atoms with E-state index in [0.717, 1.165) is 11.3 Å². The molecule has 0 radical (unpaired) electrons. The third-order valence-electron chi connectivity index (χ3n) is 3.14. The second-order valence-electron chi connectivity index (χ2n) is 4.92. The molecule has 1 N–H and O–H groups in total. The van der Waals surface area contributed by atoms with Crippen molar-refractivity contribution in [1.29, 1.82) is 0 Å². The number of rotatable bonds is 4. The van der Waals surface area contributed by atoms with E-state index in [0.29, 0.717) is 17.9 Å². The smallest absolute Gasteiger partial charge is 0.254 e. The van der Waals surface area contributed by atoms with E-state index < -0.39 is 0 Å². The van der Waals surface area contributed by atoms with Crippen molar-refractivity contribution in [3.8, 4) is 0 Å². The van der Waals surface area contributed by atoms with Crippen molar-refractivity contribution in [2.75, 3.05) is 19.4 Å². The Morgan fingerprint density at radius 3 is 2.57 bits per heavy atom. The maximum absolute atomic E-state index is 12.9. The topological polar surface area (TPSA) is 45.2 Å². The monoisotopic (exact) mass is 287 g/mol. The van der Waals surface area contributed by atoms with Crippen molar-refractivity contribution in [3.63, 3.8) is 0 Å². The molecule has 0 bridgehead atoms. The Kier molecular flexibility index (Phi) is 4.52. The predicted molar refractivity (Wildman–Crippen MR) is 80.7 cm³/mol. The van der Waals surface area contributed by atoms with E-state index in [1.54, 1.807) is 43.3 Å². The minimum absolute atomic E-state index is 0.0960. The fourth-order valence-electron chi connectivity index (χ4n) is 2.08. The Balaban J connectivity index is 2.15. The number of anilines is 1. The van der Waals surface area contributed by atoms with Crippen LogP contribution in [-0.2, 0) is 6.54 Å². The van der Waals surface area contributed by atoms with Crippen molar-refractivity contribution in [2.45, 2.75) is 13.5 Å². The molecule has 1 aromatic carbocycles. The number of hydrogen-bond acceptors (Lipinski definition) is 3. The molecule has 5 heteroatoms. The zero-order valence-electron chi connectivity index (χ0n) is 12.4. The summed E-state index contributed by atoms with van der Waals surface area (Å²) in [5.74, 6) is 0.283. The number of aromatic nitrogens is 1. The standard InChI is InChI=1S/C16H18FN3O/c1-11-8-13(9-15(18-2)19-11)16(21)20(3)10-12-4-6-14(17)7-5-12/h4-9H,10H2,1-3H3,(H,18,19). The maximum atomic E-state index is 12.9. The Hall–Kier alpha value is -2.43. The zero-order valence-corrected chi connectivity index (χ0v) is 12.4. The van der Waals surface area contributed by atoms with Crippen molar-refractivity contribution in [2.24, 2.45) is 0 Å². The van der Waals surface area contributed by atoms with Crippen LogP contribution in [0.3, 0.4) is 0 Å². The SMILES string of the molecule is CNc1cc(C(=O)N(C)Cc2ccc(F)cc2)cc(C)n1. The fourth-order valence-corrected chi connectivity index (χ4v) is 2.08. The molecule has 2 rings (SSSR count). The van der Waals surface area contributed by atoms with Gasteiger partial charge in [0.2, 0.25) is 0 Å². The van der Waals surface area contributed by atoms with Crippen LogP contribution in [-0.4, -0.2) is 29.9 Å². The summed E-state index contributed by atoms with van der Waals surface area (Å²) in [4.78, 5) is 18.3. The molecule has 110 valence electrons. The molecule has 0 aliphatic carbocycles. The van der Waals surface area contributed by atoms with E-state index >= 15 is 0 Å². The van der Waals surface area contributed by atoms with Crippen molar-refractivity contribution in [3.05, 3.63) is 59.0 Å². The number of benzene rings is 1. The third-order valence-corrected chi connectivity index (χ3v) is 3.14. The highest BCUT2D eigenvalue weighted by atomic mass is 19.1. The van der Waals surface area contributed by atoms with Gasteiger partial charge < -0.3 is 10.2 Å². The summed E-state index contributed by atoms with van der Waals surface area (Å²) in [5.41, 5.74) is 2.24. The summed E-state index contributed by atoms with van der Waals surface area (Å²) in [7, 11) is 3.48. The fraction of sp³-hybridized carbons (Fsp3) is 0.250. The number of amides is 1. The molecule has 2 aromatic rings. The first kappa shape index (κ1) is 15.0. The van der Waals surface area contributed by atoms with Crippen LogP contribution in [0.1, 0.15) is 21.6 Å². The van der Waals surface area contributed by atoms with E-state index in [-0.39, 0.29) is 11.7 Å². The van der Waals surface area contributed by atoms with Gasteiger partial charge in [0, 0.05) is 31.9 Å². The molecule has 21 heavy (non-hydrogen) atoms. The van der Waals surface area contributed by atoms with Crippen LogP contribution in [0.15, 0.2) is 36.4 Å². The normalized spacial score (nSPS) is 10.3. The Morgan fingerprint density at radius 2 is 1.95 bits per heavy atom. The van der Waals surface area contributed by atoms with Crippen LogP contribution < -0.4 is 5.32 Å². The number of pyridine rings is 1.